The molecular formula is C20H23N5O. The quantitative estimate of drug-likeness (QED) is 0.684. The first kappa shape index (κ1) is 16.7. The molecule has 3 heterocycles. The van der Waals surface area contributed by atoms with Crippen LogP contribution in [0.1, 0.15) is 18.4 Å². The Morgan fingerprint density at radius 3 is 2.96 bits per heavy atom. The van der Waals surface area contributed by atoms with E-state index in [4.69, 9.17) is 4.74 Å². The molecule has 1 unspecified atom stereocenters. The highest BCUT2D eigenvalue weighted by atomic mass is 16.5. The Kier molecular flexibility index (Phi) is 4.93. The van der Waals surface area contributed by atoms with Gasteiger partial charge in [0.2, 0.25) is 0 Å². The molecule has 6 heteroatoms. The second kappa shape index (κ2) is 7.66. The van der Waals surface area contributed by atoms with Crippen LogP contribution in [-0.2, 0) is 11.8 Å². The van der Waals surface area contributed by atoms with Gasteiger partial charge >= 0.3 is 0 Å². The normalized spacial score (nSPS) is 17.3. The molecule has 0 amide bonds. The van der Waals surface area contributed by atoms with Crippen LogP contribution in [0.25, 0.3) is 17.1 Å². The van der Waals surface area contributed by atoms with E-state index in [1.165, 1.54) is 5.56 Å². The summed E-state index contributed by atoms with van der Waals surface area (Å²) in [5.41, 5.74) is 3.01. The third-order valence-electron chi connectivity index (χ3n) is 4.69. The standard InChI is InChI=1S/C20H23N5O/c1-24-19-18(13-23-24)21-15-22-20(19)25(14-17-10-6-12-26-17)11-5-9-16-7-3-2-4-8-16/h2-5,7-9,13,15,17H,6,10-12,14H2,1H3/b9-5+. The Balaban J connectivity index is 1.61. The first-order chi connectivity index (χ1) is 12.8. The topological polar surface area (TPSA) is 56.1 Å². The summed E-state index contributed by atoms with van der Waals surface area (Å²) >= 11 is 0. The Morgan fingerprint density at radius 1 is 1.27 bits per heavy atom. The number of fused-ring (bicyclic) bond motifs is 1. The minimum absolute atomic E-state index is 0.248. The van der Waals surface area contributed by atoms with E-state index in [2.05, 4.69) is 44.3 Å². The summed E-state index contributed by atoms with van der Waals surface area (Å²) in [6.45, 7) is 2.42. The zero-order valence-corrected chi connectivity index (χ0v) is 15.0. The lowest BCUT2D eigenvalue weighted by atomic mass is 10.2. The van der Waals surface area contributed by atoms with Gasteiger partial charge in [-0.25, -0.2) is 9.97 Å². The van der Waals surface area contributed by atoms with Crippen molar-refractivity contribution in [3.8, 4) is 0 Å². The number of rotatable bonds is 6. The molecule has 0 N–H and O–H groups in total. The number of anilines is 1. The lowest BCUT2D eigenvalue weighted by molar-refractivity contribution is 0.116. The van der Waals surface area contributed by atoms with E-state index in [1.54, 1.807) is 12.5 Å². The third-order valence-corrected chi connectivity index (χ3v) is 4.69. The molecule has 134 valence electrons. The lowest BCUT2D eigenvalue weighted by Crippen LogP contribution is -2.33. The Bertz CT molecular complexity index is 884. The molecule has 0 radical (unpaired) electrons. The second-order valence-electron chi connectivity index (χ2n) is 6.55. The van der Waals surface area contributed by atoms with Crippen molar-refractivity contribution in [2.24, 2.45) is 7.05 Å². The van der Waals surface area contributed by atoms with Crippen LogP contribution >= 0.6 is 0 Å². The average Bonchev–Trinajstić information content (AvgIpc) is 3.32. The molecule has 1 aliphatic rings. The highest BCUT2D eigenvalue weighted by Crippen LogP contribution is 2.24. The summed E-state index contributed by atoms with van der Waals surface area (Å²) < 4.78 is 7.70. The van der Waals surface area contributed by atoms with E-state index >= 15 is 0 Å². The molecule has 26 heavy (non-hydrogen) atoms. The number of benzene rings is 1. The maximum absolute atomic E-state index is 5.86. The lowest BCUT2D eigenvalue weighted by Gasteiger charge is -2.25. The molecule has 3 aromatic rings. The van der Waals surface area contributed by atoms with Crippen molar-refractivity contribution in [1.82, 2.24) is 19.7 Å². The van der Waals surface area contributed by atoms with Gasteiger partial charge in [-0.3, -0.25) is 4.68 Å². The number of hydrogen-bond donors (Lipinski definition) is 0. The summed E-state index contributed by atoms with van der Waals surface area (Å²) in [6.07, 6.45) is 10.2. The van der Waals surface area contributed by atoms with Crippen LogP contribution < -0.4 is 4.90 Å². The molecule has 0 aliphatic carbocycles. The molecule has 1 aromatic carbocycles. The van der Waals surface area contributed by atoms with Crippen molar-refractivity contribution < 1.29 is 4.74 Å². The second-order valence-corrected chi connectivity index (χ2v) is 6.55. The van der Waals surface area contributed by atoms with Crippen LogP contribution in [0.2, 0.25) is 0 Å². The van der Waals surface area contributed by atoms with Crippen molar-refractivity contribution in [1.29, 1.82) is 0 Å². The minimum Gasteiger partial charge on any atom is -0.376 e. The molecule has 1 fully saturated rings. The fourth-order valence-electron chi connectivity index (χ4n) is 3.38. The SMILES string of the molecule is Cn1ncc2ncnc(N(C/C=C/c3ccccc3)CC3CCCO3)c21. The van der Waals surface area contributed by atoms with E-state index in [9.17, 15) is 0 Å². The number of ether oxygens (including phenoxy) is 1. The summed E-state index contributed by atoms with van der Waals surface area (Å²) in [5, 5.41) is 4.34. The van der Waals surface area contributed by atoms with Gasteiger partial charge in [0, 0.05) is 26.7 Å². The third kappa shape index (κ3) is 3.60. The van der Waals surface area contributed by atoms with Crippen molar-refractivity contribution in [2.45, 2.75) is 18.9 Å². The molecule has 1 saturated heterocycles. The molecule has 0 saturated carbocycles. The molecule has 0 spiro atoms. The molecule has 0 bridgehead atoms. The van der Waals surface area contributed by atoms with Crippen molar-refractivity contribution in [2.75, 3.05) is 24.6 Å². The fourth-order valence-corrected chi connectivity index (χ4v) is 3.38. The largest absolute Gasteiger partial charge is 0.376 e. The van der Waals surface area contributed by atoms with Crippen LogP contribution in [0, 0.1) is 0 Å². The molecule has 2 aromatic heterocycles. The predicted octanol–water partition coefficient (Wildman–Crippen LogP) is 3.06. The van der Waals surface area contributed by atoms with E-state index < -0.39 is 0 Å². The van der Waals surface area contributed by atoms with Crippen LogP contribution in [0.15, 0.2) is 48.9 Å². The van der Waals surface area contributed by atoms with Gasteiger partial charge in [0.15, 0.2) is 5.82 Å². The first-order valence-electron chi connectivity index (χ1n) is 9.02. The number of hydrogen-bond acceptors (Lipinski definition) is 5. The maximum Gasteiger partial charge on any atom is 0.158 e. The van der Waals surface area contributed by atoms with E-state index in [0.717, 1.165) is 49.4 Å². The van der Waals surface area contributed by atoms with Crippen molar-refractivity contribution in [3.05, 3.63) is 54.5 Å². The highest BCUT2D eigenvalue weighted by molar-refractivity contribution is 5.85. The zero-order chi connectivity index (χ0) is 17.8. The Morgan fingerprint density at radius 2 is 2.15 bits per heavy atom. The van der Waals surface area contributed by atoms with Gasteiger partial charge < -0.3 is 9.64 Å². The summed E-state index contributed by atoms with van der Waals surface area (Å²) in [7, 11) is 1.93. The number of aromatic nitrogens is 4. The van der Waals surface area contributed by atoms with Gasteiger partial charge in [-0.2, -0.15) is 5.10 Å². The number of nitrogens with zero attached hydrogens (tertiary/aromatic N) is 5. The molecule has 1 aliphatic heterocycles. The molecular weight excluding hydrogens is 326 g/mol. The van der Waals surface area contributed by atoms with Gasteiger partial charge in [-0.15, -0.1) is 0 Å². The minimum atomic E-state index is 0.248. The first-order valence-corrected chi connectivity index (χ1v) is 9.02. The Hall–Kier alpha value is -2.73. The van der Waals surface area contributed by atoms with Gasteiger partial charge in [-0.1, -0.05) is 42.5 Å². The van der Waals surface area contributed by atoms with E-state index in [-0.39, 0.29) is 6.10 Å². The number of aryl methyl sites for hydroxylation is 1. The molecule has 4 rings (SSSR count). The zero-order valence-electron chi connectivity index (χ0n) is 15.0. The van der Waals surface area contributed by atoms with E-state index in [0.29, 0.717) is 0 Å². The summed E-state index contributed by atoms with van der Waals surface area (Å²) in [6, 6.07) is 10.3. The highest BCUT2D eigenvalue weighted by Gasteiger charge is 2.22. The smallest absolute Gasteiger partial charge is 0.158 e. The maximum atomic E-state index is 5.86. The van der Waals surface area contributed by atoms with Crippen LogP contribution in [-0.4, -0.2) is 45.5 Å². The molecule has 6 nitrogen and oxygen atoms in total. The van der Waals surface area contributed by atoms with Crippen LogP contribution in [0.3, 0.4) is 0 Å². The monoisotopic (exact) mass is 349 g/mol. The van der Waals surface area contributed by atoms with Crippen molar-refractivity contribution >= 4 is 22.9 Å². The van der Waals surface area contributed by atoms with Gasteiger partial charge in [0.1, 0.15) is 17.4 Å². The van der Waals surface area contributed by atoms with Gasteiger partial charge in [0.05, 0.1) is 12.3 Å². The fraction of sp³-hybridized carbons (Fsp3) is 0.350. The van der Waals surface area contributed by atoms with Gasteiger partial charge in [-0.05, 0) is 18.4 Å². The summed E-state index contributed by atoms with van der Waals surface area (Å²) in [4.78, 5) is 11.2. The van der Waals surface area contributed by atoms with Gasteiger partial charge in [0.25, 0.3) is 0 Å². The predicted molar refractivity (Wildman–Crippen MR) is 103 cm³/mol. The van der Waals surface area contributed by atoms with Crippen LogP contribution in [0.5, 0.6) is 0 Å². The average molecular weight is 349 g/mol. The Labute approximate surface area is 153 Å². The van der Waals surface area contributed by atoms with Crippen LogP contribution in [0.4, 0.5) is 5.82 Å². The molecule has 1 atom stereocenters. The van der Waals surface area contributed by atoms with E-state index in [1.807, 2.05) is 29.9 Å². The summed E-state index contributed by atoms with van der Waals surface area (Å²) in [5.74, 6) is 0.906. The van der Waals surface area contributed by atoms with Crippen molar-refractivity contribution in [3.63, 3.8) is 0 Å².